The molecule has 28 heavy (non-hydrogen) atoms. The molecule has 0 aliphatic carbocycles. The molecule has 1 aromatic heterocycles. The van der Waals surface area contributed by atoms with Gasteiger partial charge in [0.05, 0.1) is 17.2 Å². The average Bonchev–Trinajstić information content (AvgIpc) is 2.68. The van der Waals surface area contributed by atoms with Gasteiger partial charge in [0.25, 0.3) is 0 Å². The molecule has 0 amide bonds. The van der Waals surface area contributed by atoms with Gasteiger partial charge in [-0.25, -0.2) is 9.37 Å². The van der Waals surface area contributed by atoms with Gasteiger partial charge >= 0.3 is 0 Å². The van der Waals surface area contributed by atoms with Crippen LogP contribution in [-0.2, 0) is 0 Å². The van der Waals surface area contributed by atoms with Crippen molar-refractivity contribution in [3.63, 3.8) is 0 Å². The number of carbonyl (C=O) groups excluding carboxylic acids is 1. The fourth-order valence-electron chi connectivity index (χ4n) is 3.34. The predicted molar refractivity (Wildman–Crippen MR) is 107 cm³/mol. The highest BCUT2D eigenvalue weighted by molar-refractivity contribution is 6.30. The second kappa shape index (κ2) is 7.06. The molecule has 0 radical (unpaired) electrons. The molecule has 3 aromatic carbocycles. The molecule has 5 heteroatoms. The van der Waals surface area contributed by atoms with Gasteiger partial charge in [0.15, 0.2) is 0 Å². The average molecular weight is 391 g/mol. The summed E-state index contributed by atoms with van der Waals surface area (Å²) in [5, 5.41) is 12.6. The van der Waals surface area contributed by atoms with E-state index in [1.165, 1.54) is 18.2 Å². The number of hydrogen-bond acceptors (Lipinski definition) is 3. The second-order valence-corrected chi connectivity index (χ2v) is 6.93. The molecule has 0 aliphatic heterocycles. The minimum absolute atomic E-state index is 0.0405. The zero-order valence-corrected chi connectivity index (χ0v) is 15.6. The number of hydrogen-bond donors (Lipinski definition) is 0. The Balaban J connectivity index is 1.85. The van der Waals surface area contributed by atoms with E-state index in [1.807, 2.05) is 48.5 Å². The fraction of sp³-hybridized carbons (Fsp3) is 0.0435. The maximum atomic E-state index is 13.6. The Labute approximate surface area is 166 Å². The van der Waals surface area contributed by atoms with Crippen molar-refractivity contribution in [2.24, 2.45) is 0 Å². The van der Waals surface area contributed by atoms with E-state index in [1.54, 1.807) is 6.92 Å². The molecular formula is C23H14ClFNO2-. The molecule has 0 fully saturated rings. The van der Waals surface area contributed by atoms with E-state index in [9.17, 15) is 14.3 Å². The molecule has 4 aromatic rings. The number of carbonyl (C=O) groups is 1. The lowest BCUT2D eigenvalue weighted by Crippen LogP contribution is -2.24. The van der Waals surface area contributed by atoms with Gasteiger partial charge in [0.2, 0.25) is 0 Å². The minimum atomic E-state index is -1.35. The molecule has 0 saturated carbocycles. The van der Waals surface area contributed by atoms with Crippen molar-refractivity contribution >= 4 is 28.5 Å². The molecule has 138 valence electrons. The van der Waals surface area contributed by atoms with Crippen molar-refractivity contribution in [1.29, 1.82) is 0 Å². The van der Waals surface area contributed by atoms with Crippen molar-refractivity contribution in [2.75, 3.05) is 0 Å². The predicted octanol–water partition coefficient (Wildman–Crippen LogP) is 5.03. The number of fused-ring (bicyclic) bond motifs is 1. The molecule has 3 nitrogen and oxygen atoms in total. The maximum absolute atomic E-state index is 13.6. The zero-order chi connectivity index (χ0) is 19.8. The van der Waals surface area contributed by atoms with Gasteiger partial charge in [-0.2, -0.15) is 0 Å². The summed E-state index contributed by atoms with van der Waals surface area (Å²) >= 11 is 5.93. The van der Waals surface area contributed by atoms with E-state index in [0.717, 1.165) is 16.7 Å². The minimum Gasteiger partial charge on any atom is -0.545 e. The summed E-state index contributed by atoms with van der Waals surface area (Å²) in [5.41, 5.74) is 4.12. The van der Waals surface area contributed by atoms with Crippen LogP contribution >= 0.6 is 11.6 Å². The molecule has 1 heterocycles. The van der Waals surface area contributed by atoms with E-state index in [2.05, 4.69) is 4.98 Å². The van der Waals surface area contributed by atoms with Gasteiger partial charge < -0.3 is 9.90 Å². The molecule has 0 bridgehead atoms. The van der Waals surface area contributed by atoms with Crippen LogP contribution in [0.5, 0.6) is 0 Å². The van der Waals surface area contributed by atoms with Crippen molar-refractivity contribution in [3.8, 4) is 22.4 Å². The van der Waals surface area contributed by atoms with E-state index < -0.39 is 11.8 Å². The quantitative estimate of drug-likeness (QED) is 0.492. The number of carboxylic acids is 1. The van der Waals surface area contributed by atoms with Crippen LogP contribution in [0.4, 0.5) is 4.39 Å². The van der Waals surface area contributed by atoms with Crippen LogP contribution in [0.2, 0.25) is 5.02 Å². The summed E-state index contributed by atoms with van der Waals surface area (Å²) in [6, 6.07) is 19.1. The first kappa shape index (κ1) is 18.1. The third-order valence-electron chi connectivity index (χ3n) is 4.73. The van der Waals surface area contributed by atoms with Crippen LogP contribution in [0.25, 0.3) is 33.3 Å². The lowest BCUT2D eigenvalue weighted by atomic mass is 9.96. The topological polar surface area (TPSA) is 53.0 Å². The largest absolute Gasteiger partial charge is 0.545 e. The Morgan fingerprint density at radius 1 is 0.929 bits per heavy atom. The summed E-state index contributed by atoms with van der Waals surface area (Å²) in [7, 11) is 0. The van der Waals surface area contributed by atoms with Gasteiger partial charge in [-0.15, -0.1) is 0 Å². The van der Waals surface area contributed by atoms with E-state index in [0.29, 0.717) is 21.8 Å². The van der Waals surface area contributed by atoms with Gasteiger partial charge in [-0.3, -0.25) is 0 Å². The normalized spacial score (nSPS) is 11.0. The number of carboxylic acid groups (broad SMARTS) is 1. The number of nitrogens with zero attached hydrogens (tertiary/aromatic N) is 1. The Morgan fingerprint density at radius 3 is 2.11 bits per heavy atom. The Hall–Kier alpha value is -3.24. The van der Waals surface area contributed by atoms with Crippen LogP contribution in [0.15, 0.2) is 66.7 Å². The SMILES string of the molecule is Cc1c(-c2ccc(-c3ccc(Cl)cc3)cc2)nc2ccc(F)cc2c1C(=O)[O-]. The first-order chi connectivity index (χ1) is 13.4. The van der Waals surface area contributed by atoms with Crippen molar-refractivity contribution in [2.45, 2.75) is 6.92 Å². The highest BCUT2D eigenvalue weighted by atomic mass is 35.5. The number of aromatic carboxylic acids is 1. The lowest BCUT2D eigenvalue weighted by Gasteiger charge is -2.15. The fourth-order valence-corrected chi connectivity index (χ4v) is 3.46. The summed E-state index contributed by atoms with van der Waals surface area (Å²) in [4.78, 5) is 16.3. The van der Waals surface area contributed by atoms with E-state index in [-0.39, 0.29) is 10.9 Å². The summed E-state index contributed by atoms with van der Waals surface area (Å²) < 4.78 is 13.6. The van der Waals surface area contributed by atoms with E-state index in [4.69, 9.17) is 11.6 Å². The van der Waals surface area contributed by atoms with Gasteiger partial charge in [0, 0.05) is 21.5 Å². The van der Waals surface area contributed by atoms with Gasteiger partial charge in [0.1, 0.15) is 5.82 Å². The standard InChI is InChI=1S/C23H15ClFNO2/c1-13-21(23(27)28)19-12-18(25)10-11-20(19)26-22(13)16-4-2-14(3-5-16)15-6-8-17(24)9-7-15/h2-12H,1H3,(H,27,28)/p-1. The monoisotopic (exact) mass is 390 g/mol. The van der Waals surface area contributed by atoms with E-state index >= 15 is 0 Å². The van der Waals surface area contributed by atoms with Crippen LogP contribution in [0.3, 0.4) is 0 Å². The molecule has 0 aliphatic rings. The third kappa shape index (κ3) is 3.23. The highest BCUT2D eigenvalue weighted by Gasteiger charge is 2.15. The zero-order valence-electron chi connectivity index (χ0n) is 14.9. The molecular weight excluding hydrogens is 377 g/mol. The first-order valence-electron chi connectivity index (χ1n) is 8.61. The van der Waals surface area contributed by atoms with Gasteiger partial charge in [-0.05, 0) is 53.9 Å². The number of rotatable bonds is 3. The third-order valence-corrected chi connectivity index (χ3v) is 4.98. The van der Waals surface area contributed by atoms with Crippen molar-refractivity contribution in [3.05, 3.63) is 88.7 Å². The highest BCUT2D eigenvalue weighted by Crippen LogP contribution is 2.31. The lowest BCUT2D eigenvalue weighted by molar-refractivity contribution is -0.254. The molecule has 0 N–H and O–H groups in total. The van der Waals surface area contributed by atoms with Crippen LogP contribution in [0, 0.1) is 12.7 Å². The molecule has 4 rings (SSSR count). The molecule has 0 spiro atoms. The van der Waals surface area contributed by atoms with Gasteiger partial charge in [-0.1, -0.05) is 48.0 Å². The number of pyridine rings is 1. The molecule has 0 unspecified atom stereocenters. The number of halogens is 2. The van der Waals surface area contributed by atoms with Crippen LogP contribution in [-0.4, -0.2) is 11.0 Å². The summed E-state index contributed by atoms with van der Waals surface area (Å²) in [5.74, 6) is -1.87. The smallest absolute Gasteiger partial charge is 0.123 e. The second-order valence-electron chi connectivity index (χ2n) is 6.49. The van der Waals surface area contributed by atoms with Crippen LogP contribution in [0.1, 0.15) is 15.9 Å². The van der Waals surface area contributed by atoms with Crippen LogP contribution < -0.4 is 5.11 Å². The first-order valence-corrected chi connectivity index (χ1v) is 8.99. The Morgan fingerprint density at radius 2 is 1.50 bits per heavy atom. The van der Waals surface area contributed by atoms with Crippen molar-refractivity contribution in [1.82, 2.24) is 4.98 Å². The molecule has 0 atom stereocenters. The number of aromatic nitrogens is 1. The maximum Gasteiger partial charge on any atom is 0.123 e. The number of benzene rings is 3. The van der Waals surface area contributed by atoms with Crippen molar-refractivity contribution < 1.29 is 14.3 Å². The summed E-state index contributed by atoms with van der Waals surface area (Å²) in [6.45, 7) is 1.66. The Bertz CT molecular complexity index is 1200. The summed E-state index contributed by atoms with van der Waals surface area (Å²) in [6.07, 6.45) is 0. The Kier molecular flexibility index (Phi) is 4.57. The molecule has 0 saturated heterocycles.